The van der Waals surface area contributed by atoms with Crippen molar-refractivity contribution in [3.8, 4) is 17.6 Å². The number of methoxy groups -OCH3 is 1. The topological polar surface area (TPSA) is 54.3 Å². The lowest BCUT2D eigenvalue weighted by atomic mass is 9.92. The summed E-state index contributed by atoms with van der Waals surface area (Å²) in [6.45, 7) is 0.185. The van der Waals surface area contributed by atoms with E-state index in [9.17, 15) is 5.26 Å². The Morgan fingerprint density at radius 1 is 1.05 bits per heavy atom. The quantitative estimate of drug-likeness (QED) is 0.885. The van der Waals surface area contributed by atoms with Crippen LogP contribution in [0.5, 0.6) is 11.5 Å². The Labute approximate surface area is 124 Å². The van der Waals surface area contributed by atoms with Crippen molar-refractivity contribution in [3.05, 3.63) is 60.2 Å². The van der Waals surface area contributed by atoms with E-state index < -0.39 is 5.54 Å². The zero-order valence-electron chi connectivity index (χ0n) is 12.2. The van der Waals surface area contributed by atoms with Crippen LogP contribution in [0.25, 0.3) is 0 Å². The Morgan fingerprint density at radius 2 is 1.67 bits per heavy atom. The summed E-state index contributed by atoms with van der Waals surface area (Å²) in [6, 6.07) is 19.2. The van der Waals surface area contributed by atoms with Gasteiger partial charge in [0.25, 0.3) is 0 Å². The van der Waals surface area contributed by atoms with Gasteiger partial charge < -0.3 is 9.47 Å². The zero-order chi connectivity index (χ0) is 15.1. The van der Waals surface area contributed by atoms with Crippen LogP contribution >= 0.6 is 0 Å². The third-order valence-electron chi connectivity index (χ3n) is 3.40. The van der Waals surface area contributed by atoms with Gasteiger partial charge in [-0.1, -0.05) is 42.5 Å². The molecule has 0 spiro atoms. The first-order valence-electron chi connectivity index (χ1n) is 6.67. The summed E-state index contributed by atoms with van der Waals surface area (Å²) in [5.41, 5.74) is -0.0350. The molecule has 1 unspecified atom stereocenters. The van der Waals surface area contributed by atoms with Gasteiger partial charge in [0.1, 0.15) is 6.61 Å². The van der Waals surface area contributed by atoms with E-state index in [-0.39, 0.29) is 6.61 Å². The second-order valence-corrected chi connectivity index (χ2v) is 4.57. The SMILES string of the molecule is CNC(C#N)(COc1ccccc1OC)c1ccccc1. The molecule has 0 bridgehead atoms. The third kappa shape index (κ3) is 3.15. The molecule has 2 aromatic rings. The van der Waals surface area contributed by atoms with Crippen LogP contribution in [0.2, 0.25) is 0 Å². The van der Waals surface area contributed by atoms with E-state index in [0.29, 0.717) is 11.5 Å². The first-order valence-corrected chi connectivity index (χ1v) is 6.67. The molecule has 2 aromatic carbocycles. The average Bonchev–Trinajstić information content (AvgIpc) is 2.57. The number of hydrogen-bond acceptors (Lipinski definition) is 4. The van der Waals surface area contributed by atoms with Crippen molar-refractivity contribution in [3.63, 3.8) is 0 Å². The second kappa shape index (κ2) is 6.78. The zero-order valence-corrected chi connectivity index (χ0v) is 12.2. The smallest absolute Gasteiger partial charge is 0.166 e. The third-order valence-corrected chi connectivity index (χ3v) is 3.40. The molecular formula is C17H18N2O2. The summed E-state index contributed by atoms with van der Waals surface area (Å²) in [4.78, 5) is 0. The van der Waals surface area contributed by atoms with Crippen molar-refractivity contribution in [2.24, 2.45) is 0 Å². The summed E-state index contributed by atoms with van der Waals surface area (Å²) in [7, 11) is 3.34. The number of ether oxygens (including phenoxy) is 2. The Hall–Kier alpha value is -2.51. The van der Waals surface area contributed by atoms with E-state index in [1.54, 1.807) is 14.2 Å². The van der Waals surface area contributed by atoms with Crippen molar-refractivity contribution < 1.29 is 9.47 Å². The van der Waals surface area contributed by atoms with Gasteiger partial charge in [-0.25, -0.2) is 0 Å². The Kier molecular flexibility index (Phi) is 4.81. The maximum atomic E-state index is 9.61. The first-order chi connectivity index (χ1) is 10.3. The summed E-state index contributed by atoms with van der Waals surface area (Å²) < 4.78 is 11.1. The second-order valence-electron chi connectivity index (χ2n) is 4.57. The van der Waals surface area contributed by atoms with Crippen molar-refractivity contribution in [2.75, 3.05) is 20.8 Å². The summed E-state index contributed by atoms with van der Waals surface area (Å²) in [5.74, 6) is 1.26. The van der Waals surface area contributed by atoms with E-state index in [1.165, 1.54) is 0 Å². The largest absolute Gasteiger partial charge is 0.493 e. The normalized spacial score (nSPS) is 13.0. The summed E-state index contributed by atoms with van der Waals surface area (Å²) >= 11 is 0. The maximum Gasteiger partial charge on any atom is 0.166 e. The van der Waals surface area contributed by atoms with Gasteiger partial charge in [0.2, 0.25) is 0 Å². The molecule has 0 aliphatic carbocycles. The molecule has 0 aromatic heterocycles. The lowest BCUT2D eigenvalue weighted by Gasteiger charge is -2.27. The van der Waals surface area contributed by atoms with Gasteiger partial charge in [0.15, 0.2) is 17.0 Å². The highest BCUT2D eigenvalue weighted by atomic mass is 16.5. The van der Waals surface area contributed by atoms with Crippen molar-refractivity contribution in [1.82, 2.24) is 5.32 Å². The van der Waals surface area contributed by atoms with Gasteiger partial charge in [-0.2, -0.15) is 5.26 Å². The van der Waals surface area contributed by atoms with Gasteiger partial charge in [-0.05, 0) is 24.7 Å². The number of likely N-dealkylation sites (N-methyl/N-ethyl adjacent to an activating group) is 1. The summed E-state index contributed by atoms with van der Waals surface area (Å²) in [6.07, 6.45) is 0. The Bertz CT molecular complexity index is 622. The van der Waals surface area contributed by atoms with Crippen molar-refractivity contribution >= 4 is 0 Å². The fourth-order valence-electron chi connectivity index (χ4n) is 2.10. The highest BCUT2D eigenvalue weighted by Crippen LogP contribution is 2.28. The van der Waals surface area contributed by atoms with Crippen molar-refractivity contribution in [1.29, 1.82) is 5.26 Å². The minimum atomic E-state index is -0.901. The highest BCUT2D eigenvalue weighted by molar-refractivity contribution is 5.40. The molecule has 2 rings (SSSR count). The van der Waals surface area contributed by atoms with Crippen LogP contribution in [0.1, 0.15) is 5.56 Å². The molecule has 21 heavy (non-hydrogen) atoms. The molecule has 4 heteroatoms. The lowest BCUT2D eigenvalue weighted by molar-refractivity contribution is 0.222. The standard InChI is InChI=1S/C17H18N2O2/c1-19-17(12-18,14-8-4-3-5-9-14)13-21-16-11-7-6-10-15(16)20-2/h3-11,19H,13H2,1-2H3. The van der Waals surface area contributed by atoms with Crippen LogP contribution in [0.15, 0.2) is 54.6 Å². The highest BCUT2D eigenvalue weighted by Gasteiger charge is 2.31. The number of nitrogens with one attached hydrogen (secondary N) is 1. The van der Waals surface area contributed by atoms with Crippen LogP contribution in [0.4, 0.5) is 0 Å². The lowest BCUT2D eigenvalue weighted by Crippen LogP contribution is -2.44. The molecule has 0 saturated carbocycles. The number of para-hydroxylation sites is 2. The molecule has 1 atom stereocenters. The predicted octanol–water partition coefficient (Wildman–Crippen LogP) is 2.71. The van der Waals surface area contributed by atoms with Gasteiger partial charge in [0.05, 0.1) is 13.2 Å². The van der Waals surface area contributed by atoms with Crippen LogP contribution in [-0.4, -0.2) is 20.8 Å². The molecule has 0 aliphatic rings. The number of rotatable bonds is 6. The molecule has 0 saturated heterocycles. The Balaban J connectivity index is 2.24. The number of hydrogen-bond donors (Lipinski definition) is 1. The van der Waals surface area contributed by atoms with E-state index >= 15 is 0 Å². The number of nitriles is 1. The van der Waals surface area contributed by atoms with Gasteiger partial charge in [-0.15, -0.1) is 0 Å². The predicted molar refractivity (Wildman–Crippen MR) is 81.3 cm³/mol. The molecular weight excluding hydrogens is 264 g/mol. The molecule has 0 fully saturated rings. The van der Waals surface area contributed by atoms with Crippen LogP contribution in [-0.2, 0) is 5.54 Å². The molecule has 0 radical (unpaired) electrons. The van der Waals surface area contributed by atoms with Crippen LogP contribution < -0.4 is 14.8 Å². The van der Waals surface area contributed by atoms with Gasteiger partial charge >= 0.3 is 0 Å². The summed E-state index contributed by atoms with van der Waals surface area (Å²) in [5, 5.41) is 12.7. The van der Waals surface area contributed by atoms with Crippen LogP contribution in [0.3, 0.4) is 0 Å². The average molecular weight is 282 g/mol. The molecule has 0 aliphatic heterocycles. The molecule has 1 N–H and O–H groups in total. The first kappa shape index (κ1) is 14.9. The van der Waals surface area contributed by atoms with Crippen molar-refractivity contribution in [2.45, 2.75) is 5.54 Å². The van der Waals surface area contributed by atoms with Crippen LogP contribution in [0, 0.1) is 11.3 Å². The monoisotopic (exact) mass is 282 g/mol. The number of benzene rings is 2. The van der Waals surface area contributed by atoms with Gasteiger partial charge in [0, 0.05) is 0 Å². The maximum absolute atomic E-state index is 9.61. The molecule has 0 heterocycles. The van der Waals surface area contributed by atoms with Gasteiger partial charge in [-0.3, -0.25) is 5.32 Å². The van der Waals surface area contributed by atoms with E-state index in [1.807, 2.05) is 54.6 Å². The Morgan fingerprint density at radius 3 is 2.24 bits per heavy atom. The minimum absolute atomic E-state index is 0.185. The van der Waals surface area contributed by atoms with E-state index in [4.69, 9.17) is 9.47 Å². The number of nitrogens with zero attached hydrogens (tertiary/aromatic N) is 1. The molecule has 0 amide bonds. The molecule has 108 valence electrons. The van der Waals surface area contributed by atoms with E-state index in [2.05, 4.69) is 11.4 Å². The minimum Gasteiger partial charge on any atom is -0.493 e. The molecule has 4 nitrogen and oxygen atoms in total. The van der Waals surface area contributed by atoms with E-state index in [0.717, 1.165) is 5.56 Å². The fraction of sp³-hybridized carbons (Fsp3) is 0.235. The fourth-order valence-corrected chi connectivity index (χ4v) is 2.10.